The van der Waals surface area contributed by atoms with Gasteiger partial charge in [0, 0.05) is 45.5 Å². The molecule has 0 atom stereocenters. The highest BCUT2D eigenvalue weighted by atomic mass is 35.5. The van der Waals surface area contributed by atoms with Crippen LogP contribution in [0.4, 0.5) is 10.5 Å². The van der Waals surface area contributed by atoms with E-state index >= 15 is 0 Å². The third kappa shape index (κ3) is 5.24. The van der Waals surface area contributed by atoms with Crippen molar-refractivity contribution >= 4 is 46.2 Å². The van der Waals surface area contributed by atoms with Crippen LogP contribution in [0.15, 0.2) is 70.7 Å². The first-order chi connectivity index (χ1) is 17.1. The summed E-state index contributed by atoms with van der Waals surface area (Å²) in [7, 11) is 0. The van der Waals surface area contributed by atoms with E-state index in [0.717, 1.165) is 10.9 Å². The van der Waals surface area contributed by atoms with Gasteiger partial charge < -0.3 is 5.11 Å². The van der Waals surface area contributed by atoms with E-state index < -0.39 is 11.6 Å². The van der Waals surface area contributed by atoms with E-state index in [1.165, 1.54) is 16.7 Å². The first-order valence-electron chi connectivity index (χ1n) is 11.4. The molecule has 2 heterocycles. The van der Waals surface area contributed by atoms with Gasteiger partial charge in [0.25, 0.3) is 5.56 Å². The molecule has 2 aromatic heterocycles. The molecular formula is C27H27ClN4O3S. The number of thioether (sulfide) groups is 1. The number of pyridine rings is 1. The zero-order chi connectivity index (χ0) is 26.0. The van der Waals surface area contributed by atoms with Gasteiger partial charge in [-0.2, -0.15) is 0 Å². The number of carbonyl (C=O) groups is 1. The van der Waals surface area contributed by atoms with Crippen LogP contribution in [-0.4, -0.2) is 37.5 Å². The maximum absolute atomic E-state index is 13.7. The summed E-state index contributed by atoms with van der Waals surface area (Å²) < 4.78 is 1.67. The van der Waals surface area contributed by atoms with Gasteiger partial charge in [-0.3, -0.25) is 14.3 Å². The Hall–Kier alpha value is -3.36. The van der Waals surface area contributed by atoms with Crippen molar-refractivity contribution in [3.05, 3.63) is 81.7 Å². The molecule has 0 aliphatic carbocycles. The summed E-state index contributed by atoms with van der Waals surface area (Å²) >= 11 is 7.83. The molecule has 9 heteroatoms. The second-order valence-corrected chi connectivity index (χ2v) is 10.5. The van der Waals surface area contributed by atoms with Gasteiger partial charge in [0.1, 0.15) is 5.65 Å². The van der Waals surface area contributed by atoms with Gasteiger partial charge in [0.15, 0.2) is 5.16 Å². The fourth-order valence-electron chi connectivity index (χ4n) is 4.16. The van der Waals surface area contributed by atoms with Crippen LogP contribution in [0.5, 0.6) is 0 Å². The minimum atomic E-state index is -1.01. The van der Waals surface area contributed by atoms with Crippen LogP contribution in [-0.2, 0) is 13.0 Å². The van der Waals surface area contributed by atoms with Gasteiger partial charge in [-0.05, 0) is 63.3 Å². The topological polar surface area (TPSA) is 88.3 Å². The van der Waals surface area contributed by atoms with E-state index in [2.05, 4.69) is 9.97 Å². The summed E-state index contributed by atoms with van der Waals surface area (Å²) in [6.07, 6.45) is 3.17. The number of fused-ring (bicyclic) bond motifs is 1. The smallest absolute Gasteiger partial charge is 0.412 e. The van der Waals surface area contributed by atoms with Gasteiger partial charge in [-0.15, -0.1) is 0 Å². The van der Waals surface area contributed by atoms with E-state index in [-0.39, 0.29) is 5.56 Å². The minimum absolute atomic E-state index is 0.178. The lowest BCUT2D eigenvalue weighted by Crippen LogP contribution is -2.45. The summed E-state index contributed by atoms with van der Waals surface area (Å²) in [5.74, 6) is 0. The third-order valence-electron chi connectivity index (χ3n) is 5.83. The number of carboxylic acid groups (broad SMARTS) is 1. The molecule has 0 unspecified atom stereocenters. The fourth-order valence-corrected chi connectivity index (χ4v) is 4.73. The molecule has 0 saturated heterocycles. The number of anilines is 1. The molecule has 4 rings (SSSR count). The Morgan fingerprint density at radius 2 is 1.81 bits per heavy atom. The summed E-state index contributed by atoms with van der Waals surface area (Å²) in [6, 6.07) is 16.4. The summed E-state index contributed by atoms with van der Waals surface area (Å²) in [5, 5.41) is 11.5. The van der Waals surface area contributed by atoms with Crippen molar-refractivity contribution in [1.29, 1.82) is 0 Å². The molecule has 0 bridgehead atoms. The largest absolute Gasteiger partial charge is 0.465 e. The number of aromatic nitrogens is 3. The molecule has 1 amide bonds. The van der Waals surface area contributed by atoms with Crippen molar-refractivity contribution in [2.75, 3.05) is 11.2 Å². The lowest BCUT2D eigenvalue weighted by Gasteiger charge is -2.33. The van der Waals surface area contributed by atoms with Crippen molar-refractivity contribution in [3.8, 4) is 11.1 Å². The monoisotopic (exact) mass is 522 g/mol. The quantitative estimate of drug-likeness (QED) is 0.234. The standard InChI is InChI=1S/C27H27ClN4O3S/c1-27(2,3)32(26(34)35)19-11-9-17(10-12-19)13-14-31-23-18(16-29-25(30-23)36-4)15-21(24(31)33)20-7-5-6-8-22(20)28/h5-12,15-16H,13-14H2,1-4H3,(H,34,35). The zero-order valence-electron chi connectivity index (χ0n) is 20.5. The van der Waals surface area contributed by atoms with E-state index in [0.29, 0.717) is 45.6 Å². The summed E-state index contributed by atoms with van der Waals surface area (Å²) in [6.45, 7) is 5.94. The molecule has 7 nitrogen and oxygen atoms in total. The van der Waals surface area contributed by atoms with Gasteiger partial charge in [0.05, 0.1) is 0 Å². The molecule has 0 aliphatic rings. The van der Waals surface area contributed by atoms with Crippen molar-refractivity contribution in [1.82, 2.24) is 14.5 Å². The summed E-state index contributed by atoms with van der Waals surface area (Å²) in [4.78, 5) is 35.8. The maximum Gasteiger partial charge on any atom is 0.412 e. The van der Waals surface area contributed by atoms with E-state index in [4.69, 9.17) is 11.6 Å². The maximum atomic E-state index is 13.7. The highest BCUT2D eigenvalue weighted by Crippen LogP contribution is 2.28. The average molecular weight is 523 g/mol. The highest BCUT2D eigenvalue weighted by Gasteiger charge is 2.27. The third-order valence-corrected chi connectivity index (χ3v) is 6.72. The second-order valence-electron chi connectivity index (χ2n) is 9.34. The Labute approximate surface area is 218 Å². The van der Waals surface area contributed by atoms with Crippen molar-refractivity contribution < 1.29 is 9.90 Å². The van der Waals surface area contributed by atoms with Gasteiger partial charge in [0.2, 0.25) is 0 Å². The molecule has 0 radical (unpaired) electrons. The number of aryl methyl sites for hydroxylation is 2. The number of halogens is 1. The Balaban J connectivity index is 1.72. The number of amides is 1. The van der Waals surface area contributed by atoms with Crippen LogP contribution in [0.2, 0.25) is 5.02 Å². The predicted molar refractivity (Wildman–Crippen MR) is 146 cm³/mol. The molecule has 0 saturated carbocycles. The number of rotatable bonds is 6. The Kier molecular flexibility index (Phi) is 7.38. The average Bonchev–Trinajstić information content (AvgIpc) is 2.83. The molecule has 36 heavy (non-hydrogen) atoms. The van der Waals surface area contributed by atoms with Gasteiger partial charge in [-0.1, -0.05) is 53.7 Å². The lowest BCUT2D eigenvalue weighted by molar-refractivity contribution is 0.195. The SMILES string of the molecule is CSc1ncc2cc(-c3ccccc3Cl)c(=O)n(CCc3ccc(N(C(=O)O)C(C)(C)C)cc3)c2n1. The molecule has 1 N–H and O–H groups in total. The highest BCUT2D eigenvalue weighted by molar-refractivity contribution is 7.98. The molecule has 0 aliphatic heterocycles. The lowest BCUT2D eigenvalue weighted by atomic mass is 10.0. The number of benzene rings is 2. The van der Waals surface area contributed by atoms with Crippen LogP contribution in [0.1, 0.15) is 26.3 Å². The van der Waals surface area contributed by atoms with Crippen LogP contribution < -0.4 is 10.5 Å². The van der Waals surface area contributed by atoms with E-state index in [1.807, 2.05) is 57.4 Å². The normalized spacial score (nSPS) is 11.6. The predicted octanol–water partition coefficient (Wildman–Crippen LogP) is 6.36. The van der Waals surface area contributed by atoms with Crippen molar-refractivity contribution in [3.63, 3.8) is 0 Å². The molecule has 186 valence electrons. The van der Waals surface area contributed by atoms with E-state index in [9.17, 15) is 14.7 Å². The van der Waals surface area contributed by atoms with E-state index in [1.54, 1.807) is 35.0 Å². The minimum Gasteiger partial charge on any atom is -0.465 e. The molecule has 4 aromatic rings. The number of hydrogen-bond donors (Lipinski definition) is 1. The van der Waals surface area contributed by atoms with Crippen LogP contribution >= 0.6 is 23.4 Å². The van der Waals surface area contributed by atoms with Crippen LogP contribution in [0, 0.1) is 0 Å². The first kappa shape index (κ1) is 25.7. The molecular weight excluding hydrogens is 496 g/mol. The molecule has 0 fully saturated rings. The molecule has 0 spiro atoms. The first-order valence-corrected chi connectivity index (χ1v) is 13.0. The van der Waals surface area contributed by atoms with Gasteiger partial charge >= 0.3 is 6.09 Å². The fraction of sp³-hybridized carbons (Fsp3) is 0.259. The van der Waals surface area contributed by atoms with Crippen molar-refractivity contribution in [2.24, 2.45) is 0 Å². The molecule has 2 aromatic carbocycles. The Morgan fingerprint density at radius 3 is 2.42 bits per heavy atom. The Morgan fingerprint density at radius 1 is 1.11 bits per heavy atom. The van der Waals surface area contributed by atoms with Crippen LogP contribution in [0.3, 0.4) is 0 Å². The number of hydrogen-bond acceptors (Lipinski definition) is 5. The van der Waals surface area contributed by atoms with Crippen LogP contribution in [0.25, 0.3) is 22.2 Å². The zero-order valence-corrected chi connectivity index (χ0v) is 22.1. The van der Waals surface area contributed by atoms with Crippen molar-refractivity contribution in [2.45, 2.75) is 44.4 Å². The number of nitrogens with zero attached hydrogens (tertiary/aromatic N) is 4. The van der Waals surface area contributed by atoms with Gasteiger partial charge in [-0.25, -0.2) is 14.8 Å². The second kappa shape index (κ2) is 10.3. The Bertz CT molecular complexity index is 1480. The summed E-state index contributed by atoms with van der Waals surface area (Å²) in [5.41, 5.74) is 2.53.